The number of carbonyl (C=O) groups excluding carboxylic acids is 1. The standard InChI is InChI=1S/C8H12O5/c1-2-6(9)3-5(8(12)13)4-7(10)11/h5H,2-4H2,1H3,(H,10,11)(H,12,13). The zero-order chi connectivity index (χ0) is 10.4. The lowest BCUT2D eigenvalue weighted by atomic mass is 9.98. The van der Waals surface area contributed by atoms with Crippen molar-refractivity contribution in [1.29, 1.82) is 0 Å². The van der Waals surface area contributed by atoms with Crippen LogP contribution in [0, 0.1) is 5.92 Å². The summed E-state index contributed by atoms with van der Waals surface area (Å²) >= 11 is 0. The first-order valence-corrected chi connectivity index (χ1v) is 3.93. The fourth-order valence-corrected chi connectivity index (χ4v) is 0.877. The Bertz CT molecular complexity index is 221. The maximum Gasteiger partial charge on any atom is 0.307 e. The number of carboxylic acids is 2. The van der Waals surface area contributed by atoms with Gasteiger partial charge in [0.2, 0.25) is 0 Å². The highest BCUT2D eigenvalue weighted by Crippen LogP contribution is 2.10. The van der Waals surface area contributed by atoms with Gasteiger partial charge in [0.05, 0.1) is 12.3 Å². The second kappa shape index (κ2) is 5.29. The van der Waals surface area contributed by atoms with Gasteiger partial charge in [-0.05, 0) is 0 Å². The second-order valence-electron chi connectivity index (χ2n) is 2.73. The van der Waals surface area contributed by atoms with E-state index >= 15 is 0 Å². The van der Waals surface area contributed by atoms with Gasteiger partial charge in [0, 0.05) is 12.8 Å². The van der Waals surface area contributed by atoms with Crippen molar-refractivity contribution in [3.05, 3.63) is 0 Å². The number of aliphatic carboxylic acids is 2. The van der Waals surface area contributed by atoms with Gasteiger partial charge < -0.3 is 10.2 Å². The van der Waals surface area contributed by atoms with Crippen molar-refractivity contribution >= 4 is 17.7 Å². The second-order valence-corrected chi connectivity index (χ2v) is 2.73. The molecule has 2 N–H and O–H groups in total. The molecule has 0 bridgehead atoms. The Morgan fingerprint density at radius 2 is 1.69 bits per heavy atom. The molecule has 0 aromatic heterocycles. The minimum atomic E-state index is -1.23. The minimum Gasteiger partial charge on any atom is -0.481 e. The van der Waals surface area contributed by atoms with Crippen LogP contribution in [-0.2, 0) is 14.4 Å². The molecule has 0 aliphatic rings. The van der Waals surface area contributed by atoms with Gasteiger partial charge in [-0.2, -0.15) is 0 Å². The first-order chi connectivity index (χ1) is 5.97. The Labute approximate surface area is 75.4 Å². The lowest BCUT2D eigenvalue weighted by Gasteiger charge is -2.07. The third-order valence-corrected chi connectivity index (χ3v) is 1.64. The van der Waals surface area contributed by atoms with E-state index in [4.69, 9.17) is 10.2 Å². The number of hydrogen-bond acceptors (Lipinski definition) is 3. The molecule has 13 heavy (non-hydrogen) atoms. The molecule has 0 saturated carbocycles. The van der Waals surface area contributed by atoms with E-state index in [9.17, 15) is 14.4 Å². The first-order valence-electron chi connectivity index (χ1n) is 3.93. The third kappa shape index (κ3) is 4.95. The molecular weight excluding hydrogens is 176 g/mol. The summed E-state index contributed by atoms with van der Waals surface area (Å²) in [6, 6.07) is 0. The van der Waals surface area contributed by atoms with E-state index in [2.05, 4.69) is 0 Å². The monoisotopic (exact) mass is 188 g/mol. The molecule has 1 atom stereocenters. The molecule has 0 heterocycles. The Morgan fingerprint density at radius 1 is 1.15 bits per heavy atom. The van der Waals surface area contributed by atoms with Crippen LogP contribution in [0.5, 0.6) is 0 Å². The summed E-state index contributed by atoms with van der Waals surface area (Å²) in [6.07, 6.45) is -0.456. The first kappa shape index (κ1) is 11.6. The third-order valence-electron chi connectivity index (χ3n) is 1.64. The summed E-state index contributed by atoms with van der Waals surface area (Å²) in [6.45, 7) is 1.61. The fourth-order valence-electron chi connectivity index (χ4n) is 0.877. The molecule has 0 rings (SSSR count). The molecular formula is C8H12O5. The molecule has 5 heteroatoms. The van der Waals surface area contributed by atoms with E-state index < -0.39 is 24.3 Å². The zero-order valence-electron chi connectivity index (χ0n) is 7.32. The van der Waals surface area contributed by atoms with Crippen LogP contribution in [0.2, 0.25) is 0 Å². The molecule has 5 nitrogen and oxygen atoms in total. The van der Waals surface area contributed by atoms with Crippen molar-refractivity contribution < 1.29 is 24.6 Å². The summed E-state index contributed by atoms with van der Waals surface area (Å²) in [5, 5.41) is 16.9. The highest BCUT2D eigenvalue weighted by atomic mass is 16.4. The van der Waals surface area contributed by atoms with E-state index in [-0.39, 0.29) is 18.6 Å². The van der Waals surface area contributed by atoms with Crippen LogP contribution in [0.1, 0.15) is 26.2 Å². The molecule has 1 unspecified atom stereocenters. The van der Waals surface area contributed by atoms with Crippen molar-refractivity contribution in [3.63, 3.8) is 0 Å². The molecule has 0 fully saturated rings. The van der Waals surface area contributed by atoms with Gasteiger partial charge in [-0.25, -0.2) is 0 Å². The van der Waals surface area contributed by atoms with Crippen LogP contribution in [0.3, 0.4) is 0 Å². The van der Waals surface area contributed by atoms with Crippen molar-refractivity contribution in [2.45, 2.75) is 26.2 Å². The van der Waals surface area contributed by atoms with Gasteiger partial charge in [0.25, 0.3) is 0 Å². The predicted molar refractivity (Wildman–Crippen MR) is 43.3 cm³/mol. The molecule has 0 spiro atoms. The molecule has 0 radical (unpaired) electrons. The summed E-state index contributed by atoms with van der Waals surface area (Å²) in [7, 11) is 0. The summed E-state index contributed by atoms with van der Waals surface area (Å²) in [4.78, 5) is 31.5. The Kier molecular flexibility index (Phi) is 4.72. The number of ketones is 1. The Balaban J connectivity index is 4.18. The molecule has 0 aromatic rings. The largest absolute Gasteiger partial charge is 0.481 e. The van der Waals surface area contributed by atoms with Crippen LogP contribution in [0.25, 0.3) is 0 Å². The fraction of sp³-hybridized carbons (Fsp3) is 0.625. The molecule has 0 aromatic carbocycles. The average molecular weight is 188 g/mol. The molecule has 0 aliphatic heterocycles. The smallest absolute Gasteiger partial charge is 0.307 e. The number of carbonyl (C=O) groups is 3. The normalized spacial score (nSPS) is 12.1. The lowest BCUT2D eigenvalue weighted by Crippen LogP contribution is -2.20. The van der Waals surface area contributed by atoms with Gasteiger partial charge in [-0.15, -0.1) is 0 Å². The predicted octanol–water partition coefficient (Wildman–Crippen LogP) is 0.531. The van der Waals surface area contributed by atoms with Gasteiger partial charge in [0.1, 0.15) is 5.78 Å². The summed E-state index contributed by atoms with van der Waals surface area (Å²) < 4.78 is 0. The Hall–Kier alpha value is -1.39. The van der Waals surface area contributed by atoms with Crippen LogP contribution < -0.4 is 0 Å². The van der Waals surface area contributed by atoms with Crippen molar-refractivity contribution in [2.75, 3.05) is 0 Å². The van der Waals surface area contributed by atoms with Crippen molar-refractivity contribution in [3.8, 4) is 0 Å². The van der Waals surface area contributed by atoms with E-state index in [0.29, 0.717) is 0 Å². The van der Waals surface area contributed by atoms with E-state index in [1.54, 1.807) is 6.92 Å². The van der Waals surface area contributed by atoms with Crippen LogP contribution in [-0.4, -0.2) is 27.9 Å². The van der Waals surface area contributed by atoms with Crippen LogP contribution >= 0.6 is 0 Å². The van der Waals surface area contributed by atoms with E-state index in [1.807, 2.05) is 0 Å². The van der Waals surface area contributed by atoms with Crippen molar-refractivity contribution in [1.82, 2.24) is 0 Å². The minimum absolute atomic E-state index is 0.196. The number of hydrogen-bond donors (Lipinski definition) is 2. The average Bonchev–Trinajstić information content (AvgIpc) is 2.02. The van der Waals surface area contributed by atoms with E-state index in [1.165, 1.54) is 0 Å². The number of rotatable bonds is 6. The zero-order valence-corrected chi connectivity index (χ0v) is 7.32. The SMILES string of the molecule is CCC(=O)CC(CC(=O)O)C(=O)O. The molecule has 74 valence electrons. The number of carboxylic acid groups (broad SMARTS) is 2. The highest BCUT2D eigenvalue weighted by molar-refractivity contribution is 5.85. The van der Waals surface area contributed by atoms with Crippen LogP contribution in [0.4, 0.5) is 0 Å². The summed E-state index contributed by atoms with van der Waals surface area (Å²) in [5.74, 6) is -3.75. The van der Waals surface area contributed by atoms with Crippen LogP contribution in [0.15, 0.2) is 0 Å². The highest BCUT2D eigenvalue weighted by Gasteiger charge is 2.23. The molecule has 0 saturated heterocycles. The maximum absolute atomic E-state index is 10.9. The molecule has 0 amide bonds. The number of Topliss-reactive ketones (excluding diaryl/α,β-unsaturated/α-hetero) is 1. The Morgan fingerprint density at radius 3 is 2.00 bits per heavy atom. The van der Waals surface area contributed by atoms with Crippen molar-refractivity contribution in [2.24, 2.45) is 5.92 Å². The quantitative estimate of drug-likeness (QED) is 0.634. The van der Waals surface area contributed by atoms with Gasteiger partial charge in [-0.1, -0.05) is 6.92 Å². The van der Waals surface area contributed by atoms with Gasteiger partial charge in [0.15, 0.2) is 0 Å². The van der Waals surface area contributed by atoms with Gasteiger partial charge >= 0.3 is 11.9 Å². The maximum atomic E-state index is 10.9. The molecule has 0 aliphatic carbocycles. The van der Waals surface area contributed by atoms with Gasteiger partial charge in [-0.3, -0.25) is 14.4 Å². The lowest BCUT2D eigenvalue weighted by molar-refractivity contribution is -0.149. The summed E-state index contributed by atoms with van der Waals surface area (Å²) in [5.41, 5.74) is 0. The van der Waals surface area contributed by atoms with E-state index in [0.717, 1.165) is 0 Å². The topological polar surface area (TPSA) is 91.7 Å².